The molecule has 1 radical (unpaired) electrons. The molecule has 0 heterocycles. The molecule has 0 fully saturated rings. The van der Waals surface area contributed by atoms with E-state index in [0.29, 0.717) is 24.3 Å². The number of ether oxygens (including phenoxy) is 2. The number of carbonyl (C=O) groups excluding carboxylic acids is 2. The zero-order chi connectivity index (χ0) is 24.7. The Hall–Kier alpha value is -2.10. The SMILES string of the molecule is CCCCCCCCOC(=O)c1ccccc1C(=O)OCCCCCCCC.[Cu].c1ccccc1. The Bertz CT molecular complexity index is 688. The second kappa shape index (κ2) is 23.6. The first-order chi connectivity index (χ1) is 16.7. The van der Waals surface area contributed by atoms with Crippen LogP contribution in [0, 0.1) is 0 Å². The second-order valence-corrected chi connectivity index (χ2v) is 8.51. The molecule has 0 saturated heterocycles. The van der Waals surface area contributed by atoms with Gasteiger partial charge < -0.3 is 9.47 Å². The van der Waals surface area contributed by atoms with Gasteiger partial charge in [-0.15, -0.1) is 0 Å². The van der Waals surface area contributed by atoms with Crippen molar-refractivity contribution in [3.8, 4) is 0 Å². The van der Waals surface area contributed by atoms with E-state index in [9.17, 15) is 9.59 Å². The summed E-state index contributed by atoms with van der Waals surface area (Å²) in [5.41, 5.74) is 0.586. The van der Waals surface area contributed by atoms with Crippen molar-refractivity contribution in [2.45, 2.75) is 90.9 Å². The Labute approximate surface area is 223 Å². The monoisotopic (exact) mass is 531 g/mol. The van der Waals surface area contributed by atoms with Gasteiger partial charge in [0, 0.05) is 17.1 Å². The van der Waals surface area contributed by atoms with Crippen LogP contribution in [-0.2, 0) is 26.5 Å². The topological polar surface area (TPSA) is 52.6 Å². The van der Waals surface area contributed by atoms with Gasteiger partial charge in [-0.2, -0.15) is 0 Å². The fourth-order valence-corrected chi connectivity index (χ4v) is 3.47. The molecule has 0 unspecified atom stereocenters. The summed E-state index contributed by atoms with van der Waals surface area (Å²) in [5, 5.41) is 0. The van der Waals surface area contributed by atoms with Crippen LogP contribution >= 0.6 is 0 Å². The summed E-state index contributed by atoms with van der Waals surface area (Å²) in [4.78, 5) is 24.7. The first-order valence-corrected chi connectivity index (χ1v) is 13.1. The molecular weight excluding hydrogens is 488 g/mol. The average molecular weight is 532 g/mol. The van der Waals surface area contributed by atoms with Crippen LogP contribution in [-0.4, -0.2) is 25.2 Å². The Kier molecular flexibility index (Phi) is 22.2. The van der Waals surface area contributed by atoms with E-state index < -0.39 is 11.9 Å². The molecule has 0 spiro atoms. The number of benzene rings is 2. The smallest absolute Gasteiger partial charge is 0.339 e. The third-order valence-corrected chi connectivity index (χ3v) is 5.50. The summed E-state index contributed by atoms with van der Waals surface area (Å²) in [7, 11) is 0. The van der Waals surface area contributed by atoms with Gasteiger partial charge in [0.15, 0.2) is 0 Å². The molecule has 0 bridgehead atoms. The van der Waals surface area contributed by atoms with Crippen LogP contribution in [0.25, 0.3) is 0 Å². The molecule has 0 aromatic heterocycles. The summed E-state index contributed by atoms with van der Waals surface area (Å²) in [5.74, 6) is -0.888. The van der Waals surface area contributed by atoms with Gasteiger partial charge in [0.1, 0.15) is 0 Å². The Morgan fingerprint density at radius 2 is 0.829 bits per heavy atom. The fraction of sp³-hybridized carbons (Fsp3) is 0.533. The van der Waals surface area contributed by atoms with E-state index in [0.717, 1.165) is 25.7 Å². The molecule has 2 aromatic carbocycles. The minimum Gasteiger partial charge on any atom is -0.462 e. The van der Waals surface area contributed by atoms with Gasteiger partial charge in [0.25, 0.3) is 0 Å². The summed E-state index contributed by atoms with van der Waals surface area (Å²) in [6.07, 6.45) is 13.6. The van der Waals surface area contributed by atoms with E-state index in [1.165, 1.54) is 51.4 Å². The summed E-state index contributed by atoms with van der Waals surface area (Å²) >= 11 is 0. The molecule has 0 N–H and O–H groups in total. The van der Waals surface area contributed by atoms with Crippen LogP contribution in [0.1, 0.15) is 112 Å². The third kappa shape index (κ3) is 17.0. The molecule has 35 heavy (non-hydrogen) atoms. The minimum absolute atomic E-state index is 0. The third-order valence-electron chi connectivity index (χ3n) is 5.50. The van der Waals surface area contributed by atoms with Gasteiger partial charge in [-0.3, -0.25) is 0 Å². The van der Waals surface area contributed by atoms with E-state index in [4.69, 9.17) is 9.47 Å². The Morgan fingerprint density at radius 1 is 0.514 bits per heavy atom. The van der Waals surface area contributed by atoms with Crippen molar-refractivity contribution in [1.29, 1.82) is 0 Å². The molecule has 4 nitrogen and oxygen atoms in total. The summed E-state index contributed by atoms with van der Waals surface area (Å²) < 4.78 is 10.7. The van der Waals surface area contributed by atoms with Crippen LogP contribution < -0.4 is 0 Å². The number of hydrogen-bond donors (Lipinski definition) is 0. The van der Waals surface area contributed by atoms with E-state index in [2.05, 4.69) is 13.8 Å². The van der Waals surface area contributed by atoms with Crippen LogP contribution in [0.5, 0.6) is 0 Å². The quantitative estimate of drug-likeness (QED) is 0.124. The summed E-state index contributed by atoms with van der Waals surface area (Å²) in [6.45, 7) is 5.17. The number of hydrogen-bond acceptors (Lipinski definition) is 4. The van der Waals surface area contributed by atoms with Crippen molar-refractivity contribution in [3.63, 3.8) is 0 Å². The maximum atomic E-state index is 12.4. The molecular formula is C30H44CuO4. The Balaban J connectivity index is 0.00000143. The molecule has 199 valence electrons. The first-order valence-electron chi connectivity index (χ1n) is 13.1. The normalized spacial score (nSPS) is 9.89. The van der Waals surface area contributed by atoms with Crippen molar-refractivity contribution in [2.75, 3.05) is 13.2 Å². The van der Waals surface area contributed by atoms with Gasteiger partial charge >= 0.3 is 11.9 Å². The van der Waals surface area contributed by atoms with Gasteiger partial charge in [0.2, 0.25) is 0 Å². The number of rotatable bonds is 16. The summed E-state index contributed by atoms with van der Waals surface area (Å²) in [6, 6.07) is 18.7. The standard InChI is InChI=1S/C24H38O4.C6H6.Cu/c1-3-5-7-9-11-15-19-27-23(25)21-17-13-14-18-22(21)24(26)28-20-16-12-10-8-6-4-2;1-2-4-6-5-3-1;/h13-14,17-18H,3-12,15-16,19-20H2,1-2H3;1-6H;. The van der Waals surface area contributed by atoms with Gasteiger partial charge in [-0.25, -0.2) is 9.59 Å². The van der Waals surface area contributed by atoms with Gasteiger partial charge in [-0.05, 0) is 25.0 Å². The van der Waals surface area contributed by atoms with Crippen LogP contribution in [0.4, 0.5) is 0 Å². The van der Waals surface area contributed by atoms with E-state index >= 15 is 0 Å². The second-order valence-electron chi connectivity index (χ2n) is 8.51. The molecule has 0 atom stereocenters. The maximum Gasteiger partial charge on any atom is 0.339 e. The molecule has 0 aliphatic heterocycles. The van der Waals surface area contributed by atoms with Crippen molar-refractivity contribution in [2.24, 2.45) is 0 Å². The van der Waals surface area contributed by atoms with Crippen molar-refractivity contribution in [1.82, 2.24) is 0 Å². The van der Waals surface area contributed by atoms with Crippen molar-refractivity contribution in [3.05, 3.63) is 71.8 Å². The van der Waals surface area contributed by atoms with E-state index in [1.54, 1.807) is 24.3 Å². The molecule has 2 rings (SSSR count). The van der Waals surface area contributed by atoms with Gasteiger partial charge in [-0.1, -0.05) is 127 Å². The zero-order valence-electron chi connectivity index (χ0n) is 21.6. The molecule has 0 amide bonds. The number of unbranched alkanes of at least 4 members (excludes halogenated alkanes) is 10. The largest absolute Gasteiger partial charge is 0.462 e. The molecule has 0 aliphatic rings. The van der Waals surface area contributed by atoms with Crippen LogP contribution in [0.15, 0.2) is 60.7 Å². The fourth-order valence-electron chi connectivity index (χ4n) is 3.47. The number of carbonyl (C=O) groups is 2. The van der Waals surface area contributed by atoms with E-state index in [-0.39, 0.29) is 17.1 Å². The van der Waals surface area contributed by atoms with Crippen LogP contribution in [0.2, 0.25) is 0 Å². The maximum absolute atomic E-state index is 12.4. The predicted octanol–water partition coefficient (Wildman–Crippen LogP) is 8.41. The number of esters is 2. The van der Waals surface area contributed by atoms with Crippen LogP contribution in [0.3, 0.4) is 0 Å². The average Bonchev–Trinajstić information content (AvgIpc) is 2.88. The predicted molar refractivity (Wildman–Crippen MR) is 140 cm³/mol. The zero-order valence-corrected chi connectivity index (χ0v) is 22.5. The van der Waals surface area contributed by atoms with E-state index in [1.807, 2.05) is 36.4 Å². The minimum atomic E-state index is -0.444. The molecule has 0 saturated carbocycles. The van der Waals surface area contributed by atoms with Gasteiger partial charge in [0.05, 0.1) is 24.3 Å². The van der Waals surface area contributed by atoms with Crippen molar-refractivity contribution >= 4 is 11.9 Å². The molecule has 5 heteroatoms. The molecule has 2 aromatic rings. The Morgan fingerprint density at radius 3 is 1.17 bits per heavy atom. The molecule has 0 aliphatic carbocycles. The van der Waals surface area contributed by atoms with Crippen molar-refractivity contribution < 1.29 is 36.1 Å². The first kappa shape index (κ1) is 32.9.